The third kappa shape index (κ3) is 3.48. The van der Waals surface area contributed by atoms with E-state index in [9.17, 15) is 4.79 Å². The summed E-state index contributed by atoms with van der Waals surface area (Å²) in [6, 6.07) is 14.2. The first-order chi connectivity index (χ1) is 10.7. The van der Waals surface area contributed by atoms with Crippen LogP contribution in [0.25, 0.3) is 0 Å². The molecule has 3 rings (SSSR count). The number of carbonyl (C=O) groups is 1. The van der Waals surface area contributed by atoms with Gasteiger partial charge in [-0.2, -0.15) is 0 Å². The Morgan fingerprint density at radius 3 is 2.77 bits per heavy atom. The van der Waals surface area contributed by atoms with Crippen molar-refractivity contribution in [2.45, 2.75) is 32.6 Å². The summed E-state index contributed by atoms with van der Waals surface area (Å²) in [5, 5.41) is 6.23. The number of aryl methyl sites for hydroxylation is 2. The second kappa shape index (κ2) is 6.65. The van der Waals surface area contributed by atoms with Gasteiger partial charge in [0.25, 0.3) is 0 Å². The smallest absolute Gasteiger partial charge is 0.243 e. The maximum Gasteiger partial charge on any atom is 0.243 e. The van der Waals surface area contributed by atoms with E-state index in [0.29, 0.717) is 6.54 Å². The Kier molecular flexibility index (Phi) is 4.42. The van der Waals surface area contributed by atoms with E-state index in [4.69, 9.17) is 0 Å². The van der Waals surface area contributed by atoms with Gasteiger partial charge in [0, 0.05) is 11.4 Å². The summed E-state index contributed by atoms with van der Waals surface area (Å²) >= 11 is 0. The Morgan fingerprint density at radius 2 is 1.91 bits per heavy atom. The summed E-state index contributed by atoms with van der Waals surface area (Å²) in [5.41, 5.74) is 5.91. The van der Waals surface area contributed by atoms with E-state index in [1.54, 1.807) is 0 Å². The first kappa shape index (κ1) is 14.6. The van der Waals surface area contributed by atoms with Gasteiger partial charge in [-0.3, -0.25) is 4.79 Å². The van der Waals surface area contributed by atoms with Crippen molar-refractivity contribution in [2.75, 3.05) is 17.2 Å². The van der Waals surface area contributed by atoms with E-state index in [1.165, 1.54) is 24.0 Å². The minimum atomic E-state index is -0.0148. The van der Waals surface area contributed by atoms with E-state index in [1.807, 2.05) is 31.2 Å². The normalized spacial score (nSPS) is 13.3. The van der Waals surface area contributed by atoms with Gasteiger partial charge >= 0.3 is 0 Å². The Bertz CT molecular complexity index is 679. The monoisotopic (exact) mass is 294 g/mol. The maximum atomic E-state index is 12.1. The fourth-order valence-electron chi connectivity index (χ4n) is 3.05. The molecule has 0 heterocycles. The molecule has 0 unspecified atom stereocenters. The molecule has 0 saturated heterocycles. The predicted octanol–water partition coefficient (Wildman–Crippen LogP) is 3.92. The molecule has 114 valence electrons. The molecule has 0 atom stereocenters. The summed E-state index contributed by atoms with van der Waals surface area (Å²) < 4.78 is 0. The SMILES string of the molecule is Cc1cccc(NC(=O)CNc2cccc3c2CCCC3)c1. The van der Waals surface area contributed by atoms with Crippen LogP contribution in [0.15, 0.2) is 42.5 Å². The number of benzene rings is 2. The van der Waals surface area contributed by atoms with Crippen LogP contribution in [-0.4, -0.2) is 12.5 Å². The first-order valence-electron chi connectivity index (χ1n) is 7.93. The van der Waals surface area contributed by atoms with Crippen LogP contribution in [0.4, 0.5) is 11.4 Å². The fraction of sp³-hybridized carbons (Fsp3) is 0.316. The van der Waals surface area contributed by atoms with Gasteiger partial charge in [0.1, 0.15) is 0 Å². The highest BCUT2D eigenvalue weighted by atomic mass is 16.1. The van der Waals surface area contributed by atoms with Gasteiger partial charge in [0.05, 0.1) is 6.54 Å². The Morgan fingerprint density at radius 1 is 1.09 bits per heavy atom. The lowest BCUT2D eigenvalue weighted by Crippen LogP contribution is -2.22. The lowest BCUT2D eigenvalue weighted by molar-refractivity contribution is -0.114. The molecular formula is C19H22N2O. The van der Waals surface area contributed by atoms with Crippen LogP contribution in [-0.2, 0) is 17.6 Å². The van der Waals surface area contributed by atoms with Crippen LogP contribution in [0.5, 0.6) is 0 Å². The quantitative estimate of drug-likeness (QED) is 0.897. The molecular weight excluding hydrogens is 272 g/mol. The molecule has 2 aromatic rings. The van der Waals surface area contributed by atoms with Gasteiger partial charge in [-0.25, -0.2) is 0 Å². The maximum absolute atomic E-state index is 12.1. The van der Waals surface area contributed by atoms with E-state index in [2.05, 4.69) is 28.8 Å². The van der Waals surface area contributed by atoms with E-state index >= 15 is 0 Å². The van der Waals surface area contributed by atoms with E-state index in [0.717, 1.165) is 29.8 Å². The molecule has 3 nitrogen and oxygen atoms in total. The van der Waals surface area contributed by atoms with Crippen LogP contribution >= 0.6 is 0 Å². The third-order valence-electron chi connectivity index (χ3n) is 4.14. The van der Waals surface area contributed by atoms with Crippen molar-refractivity contribution >= 4 is 17.3 Å². The lowest BCUT2D eigenvalue weighted by Gasteiger charge is -2.20. The second-order valence-electron chi connectivity index (χ2n) is 5.92. The van der Waals surface area contributed by atoms with Crippen molar-refractivity contribution in [3.05, 3.63) is 59.2 Å². The minimum Gasteiger partial charge on any atom is -0.376 e. The molecule has 1 aliphatic carbocycles. The van der Waals surface area contributed by atoms with Crippen LogP contribution in [0.3, 0.4) is 0 Å². The fourth-order valence-corrected chi connectivity index (χ4v) is 3.05. The molecule has 0 aliphatic heterocycles. The number of nitrogens with one attached hydrogen (secondary N) is 2. The summed E-state index contributed by atoms with van der Waals surface area (Å²) in [6.45, 7) is 2.31. The molecule has 2 aromatic carbocycles. The summed E-state index contributed by atoms with van der Waals surface area (Å²) in [7, 11) is 0. The Balaban J connectivity index is 1.62. The molecule has 0 saturated carbocycles. The first-order valence-corrected chi connectivity index (χ1v) is 7.93. The van der Waals surface area contributed by atoms with Gasteiger partial charge in [-0.1, -0.05) is 24.3 Å². The number of rotatable bonds is 4. The molecule has 1 amide bonds. The van der Waals surface area contributed by atoms with Crippen molar-refractivity contribution in [3.8, 4) is 0 Å². The highest BCUT2D eigenvalue weighted by Gasteiger charge is 2.13. The predicted molar refractivity (Wildman–Crippen MR) is 91.4 cm³/mol. The van der Waals surface area contributed by atoms with Gasteiger partial charge in [-0.15, -0.1) is 0 Å². The molecule has 0 radical (unpaired) electrons. The van der Waals surface area contributed by atoms with Gasteiger partial charge in [0.2, 0.25) is 5.91 Å². The van der Waals surface area contributed by atoms with Crippen molar-refractivity contribution in [1.82, 2.24) is 0 Å². The van der Waals surface area contributed by atoms with E-state index < -0.39 is 0 Å². The zero-order valence-electron chi connectivity index (χ0n) is 13.0. The Labute approximate surface area is 131 Å². The Hall–Kier alpha value is -2.29. The summed E-state index contributed by atoms with van der Waals surface area (Å²) in [6.07, 6.45) is 4.77. The highest BCUT2D eigenvalue weighted by Crippen LogP contribution is 2.27. The topological polar surface area (TPSA) is 41.1 Å². The third-order valence-corrected chi connectivity index (χ3v) is 4.14. The number of anilines is 2. The van der Waals surface area contributed by atoms with Crippen molar-refractivity contribution in [1.29, 1.82) is 0 Å². The summed E-state index contributed by atoms with van der Waals surface area (Å²) in [5.74, 6) is -0.0148. The van der Waals surface area contributed by atoms with Crippen LogP contribution in [0.2, 0.25) is 0 Å². The molecule has 0 fully saturated rings. The van der Waals surface area contributed by atoms with Crippen molar-refractivity contribution < 1.29 is 4.79 Å². The molecule has 0 bridgehead atoms. The number of carbonyl (C=O) groups excluding carboxylic acids is 1. The van der Waals surface area contributed by atoms with Crippen molar-refractivity contribution in [3.63, 3.8) is 0 Å². The van der Waals surface area contributed by atoms with Gasteiger partial charge in [0.15, 0.2) is 0 Å². The van der Waals surface area contributed by atoms with Crippen LogP contribution < -0.4 is 10.6 Å². The molecule has 22 heavy (non-hydrogen) atoms. The second-order valence-corrected chi connectivity index (χ2v) is 5.92. The average Bonchev–Trinajstić information content (AvgIpc) is 2.53. The standard InChI is InChI=1S/C19H22N2O/c1-14-6-4-9-16(12-14)21-19(22)13-20-18-11-5-8-15-7-2-3-10-17(15)18/h4-6,8-9,11-12,20H,2-3,7,10,13H2,1H3,(H,21,22). The number of amides is 1. The van der Waals surface area contributed by atoms with E-state index in [-0.39, 0.29) is 5.91 Å². The number of fused-ring (bicyclic) bond motifs is 1. The molecule has 2 N–H and O–H groups in total. The zero-order chi connectivity index (χ0) is 15.4. The molecule has 0 spiro atoms. The lowest BCUT2D eigenvalue weighted by atomic mass is 9.90. The van der Waals surface area contributed by atoms with Gasteiger partial charge < -0.3 is 10.6 Å². The zero-order valence-corrected chi connectivity index (χ0v) is 13.0. The minimum absolute atomic E-state index is 0.0148. The largest absolute Gasteiger partial charge is 0.376 e. The van der Waals surface area contributed by atoms with Gasteiger partial charge in [-0.05, 0) is 67.5 Å². The average molecular weight is 294 g/mol. The van der Waals surface area contributed by atoms with Crippen molar-refractivity contribution in [2.24, 2.45) is 0 Å². The molecule has 0 aromatic heterocycles. The number of hydrogen-bond acceptors (Lipinski definition) is 2. The molecule has 1 aliphatic rings. The van der Waals surface area contributed by atoms with Crippen LogP contribution in [0, 0.1) is 6.92 Å². The molecule has 3 heteroatoms. The number of hydrogen-bond donors (Lipinski definition) is 2. The summed E-state index contributed by atoms with van der Waals surface area (Å²) in [4.78, 5) is 12.1. The highest BCUT2D eigenvalue weighted by molar-refractivity contribution is 5.93. The van der Waals surface area contributed by atoms with Crippen LogP contribution in [0.1, 0.15) is 29.5 Å².